The minimum Gasteiger partial charge on any atom is -0.398 e. The fourth-order valence-corrected chi connectivity index (χ4v) is 4.67. The Morgan fingerprint density at radius 1 is 1.31 bits per heavy atom. The lowest BCUT2D eigenvalue weighted by Gasteiger charge is -2.17. The number of β-amino-alcohol motifs (C(OH)–C–C–N with tert-alkyl or cyclic N) is 1. The van der Waals surface area contributed by atoms with Crippen molar-refractivity contribution in [1.82, 2.24) is 9.47 Å². The Kier molecular flexibility index (Phi) is 6.02. The van der Waals surface area contributed by atoms with Gasteiger partial charge in [0, 0.05) is 53.7 Å². The molecule has 0 bridgehead atoms. The number of aliphatic hydroxyl groups excluding tert-OH is 1. The number of hydrogen-bond acceptors (Lipinski definition) is 4. The van der Waals surface area contributed by atoms with Crippen LogP contribution in [0.15, 0.2) is 36.4 Å². The van der Waals surface area contributed by atoms with Crippen molar-refractivity contribution in [2.45, 2.75) is 45.1 Å². The summed E-state index contributed by atoms with van der Waals surface area (Å²) in [7, 11) is 0. The van der Waals surface area contributed by atoms with Gasteiger partial charge in [-0.3, -0.25) is 4.79 Å². The van der Waals surface area contributed by atoms with Gasteiger partial charge in [-0.1, -0.05) is 13.8 Å². The Labute approximate surface area is 187 Å². The van der Waals surface area contributed by atoms with Gasteiger partial charge >= 0.3 is 0 Å². The largest absolute Gasteiger partial charge is 0.398 e. The van der Waals surface area contributed by atoms with E-state index >= 15 is 0 Å². The average Bonchev–Trinajstić information content (AvgIpc) is 3.33. The van der Waals surface area contributed by atoms with Gasteiger partial charge in [-0.15, -0.1) is 0 Å². The van der Waals surface area contributed by atoms with Crippen LogP contribution >= 0.6 is 0 Å². The summed E-state index contributed by atoms with van der Waals surface area (Å²) in [6, 6.07) is 10.1. The van der Waals surface area contributed by atoms with Crippen LogP contribution in [0.2, 0.25) is 0 Å². The van der Waals surface area contributed by atoms with E-state index in [0.29, 0.717) is 43.6 Å². The lowest BCUT2D eigenvalue weighted by molar-refractivity contribution is -0.130. The van der Waals surface area contributed by atoms with E-state index in [1.807, 2.05) is 12.1 Å². The molecule has 1 aliphatic rings. The number of likely N-dealkylation sites (tertiary alicyclic amines) is 1. The lowest BCUT2D eigenvalue weighted by atomic mass is 9.98. The summed E-state index contributed by atoms with van der Waals surface area (Å²) in [5, 5.41) is 18.4. The number of anilines is 1. The van der Waals surface area contributed by atoms with E-state index in [2.05, 4.69) is 18.4 Å². The highest BCUT2D eigenvalue weighted by molar-refractivity contribution is 5.98. The van der Waals surface area contributed by atoms with Gasteiger partial charge in [-0.2, -0.15) is 0 Å². The van der Waals surface area contributed by atoms with Gasteiger partial charge in [0.15, 0.2) is 0 Å². The van der Waals surface area contributed by atoms with Crippen molar-refractivity contribution in [3.8, 4) is 5.69 Å². The number of hydrogen-bond donors (Lipinski definition) is 3. The summed E-state index contributed by atoms with van der Waals surface area (Å²) in [5.41, 5.74) is 11.1. The molecule has 7 heteroatoms. The van der Waals surface area contributed by atoms with E-state index in [9.17, 15) is 14.3 Å². The second-order valence-corrected chi connectivity index (χ2v) is 8.76. The number of benzene rings is 2. The Balaban J connectivity index is 1.84. The summed E-state index contributed by atoms with van der Waals surface area (Å²) in [5.74, 6) is -0.141. The molecule has 0 spiro atoms. The van der Waals surface area contributed by atoms with Crippen molar-refractivity contribution in [3.05, 3.63) is 59.0 Å². The van der Waals surface area contributed by atoms with Crippen molar-refractivity contribution in [3.63, 3.8) is 0 Å². The Morgan fingerprint density at radius 3 is 2.62 bits per heavy atom. The third kappa shape index (κ3) is 4.00. The predicted octanol–water partition coefficient (Wildman–Crippen LogP) is 4.00. The number of fused-ring (bicyclic) bond motifs is 1. The van der Waals surface area contributed by atoms with Crippen molar-refractivity contribution in [2.24, 2.45) is 0 Å². The number of carbonyl (C=O) groups is 1. The first kappa shape index (κ1) is 22.0. The van der Waals surface area contributed by atoms with Gasteiger partial charge in [0.05, 0.1) is 11.6 Å². The summed E-state index contributed by atoms with van der Waals surface area (Å²) in [6.07, 6.45) is 2.28. The van der Waals surface area contributed by atoms with E-state index in [1.165, 1.54) is 18.3 Å². The summed E-state index contributed by atoms with van der Waals surface area (Å²) in [4.78, 5) is 14.5. The van der Waals surface area contributed by atoms with Crippen LogP contribution in [0.1, 0.15) is 49.4 Å². The van der Waals surface area contributed by atoms with Crippen LogP contribution in [0.3, 0.4) is 0 Å². The monoisotopic (exact) mass is 436 g/mol. The molecule has 1 unspecified atom stereocenters. The molecule has 1 fully saturated rings. The molecule has 4 rings (SSSR count). The van der Waals surface area contributed by atoms with Gasteiger partial charge < -0.3 is 25.7 Å². The van der Waals surface area contributed by atoms with Crippen LogP contribution in [-0.4, -0.2) is 45.9 Å². The minimum absolute atomic E-state index is 0.0306. The van der Waals surface area contributed by atoms with Crippen LogP contribution in [0.4, 0.5) is 10.1 Å². The molecule has 2 aromatic carbocycles. The van der Waals surface area contributed by atoms with Gasteiger partial charge in [-0.25, -0.2) is 4.39 Å². The molecule has 32 heavy (non-hydrogen) atoms. The molecule has 1 saturated heterocycles. The van der Waals surface area contributed by atoms with Gasteiger partial charge in [-0.05, 0) is 60.7 Å². The summed E-state index contributed by atoms with van der Waals surface area (Å²) in [6.45, 7) is 5.17. The molecular formula is C25H29FN4O2. The van der Waals surface area contributed by atoms with E-state index in [-0.39, 0.29) is 17.6 Å². The third-order valence-electron chi connectivity index (χ3n) is 6.21. The normalized spacial score (nSPS) is 16.3. The van der Waals surface area contributed by atoms with Crippen LogP contribution in [0.25, 0.3) is 16.6 Å². The van der Waals surface area contributed by atoms with Crippen LogP contribution in [0, 0.1) is 11.2 Å². The highest BCUT2D eigenvalue weighted by Crippen LogP contribution is 2.37. The molecule has 1 aromatic heterocycles. The number of aliphatic hydroxyl groups is 1. The number of nitrogens with one attached hydrogen (secondary N) is 1. The molecular weight excluding hydrogens is 407 g/mol. The zero-order valence-electron chi connectivity index (χ0n) is 18.4. The maximum Gasteiger partial charge on any atom is 0.222 e. The standard InChI is InChI=1S/C25H29FN4O2/c1-15(2)25-20(7-8-24(32)29-10-9-19(31)14-29)21-12-22(28)16(13-27)11-23(21)30(25)18-5-3-17(26)4-6-18/h3-6,11-13,15,19,27,31H,7-10,14,28H2,1-2H3. The Bertz CT molecular complexity index is 1170. The Morgan fingerprint density at radius 2 is 2.03 bits per heavy atom. The van der Waals surface area contributed by atoms with E-state index in [0.717, 1.165) is 27.8 Å². The zero-order valence-corrected chi connectivity index (χ0v) is 18.4. The highest BCUT2D eigenvalue weighted by Gasteiger charge is 2.26. The highest BCUT2D eigenvalue weighted by atomic mass is 19.1. The molecule has 2 heterocycles. The second kappa shape index (κ2) is 8.74. The first-order valence-corrected chi connectivity index (χ1v) is 11.0. The molecule has 6 nitrogen and oxygen atoms in total. The van der Waals surface area contributed by atoms with E-state index < -0.39 is 6.10 Å². The molecule has 0 aliphatic carbocycles. The average molecular weight is 437 g/mol. The number of aromatic nitrogens is 1. The molecule has 0 saturated carbocycles. The number of amides is 1. The molecule has 1 amide bonds. The van der Waals surface area contributed by atoms with Crippen molar-refractivity contribution < 1.29 is 14.3 Å². The predicted molar refractivity (Wildman–Crippen MR) is 125 cm³/mol. The van der Waals surface area contributed by atoms with Gasteiger partial charge in [0.1, 0.15) is 5.82 Å². The minimum atomic E-state index is -0.440. The number of nitrogen functional groups attached to an aromatic ring is 1. The molecule has 4 N–H and O–H groups in total. The fourth-order valence-electron chi connectivity index (χ4n) is 4.67. The van der Waals surface area contributed by atoms with Crippen molar-refractivity contribution in [1.29, 1.82) is 5.41 Å². The topological polar surface area (TPSA) is 95.3 Å². The number of carbonyl (C=O) groups excluding carboxylic acids is 1. The number of rotatable bonds is 6. The molecule has 1 atom stereocenters. The quantitative estimate of drug-likeness (QED) is 0.403. The number of nitrogens with two attached hydrogens (primary N) is 1. The van der Waals surface area contributed by atoms with Crippen LogP contribution < -0.4 is 5.73 Å². The zero-order chi connectivity index (χ0) is 23.0. The molecule has 168 valence electrons. The molecule has 0 radical (unpaired) electrons. The van der Waals surface area contributed by atoms with Gasteiger partial charge in [0.25, 0.3) is 0 Å². The lowest BCUT2D eigenvalue weighted by Crippen LogP contribution is -2.29. The third-order valence-corrected chi connectivity index (χ3v) is 6.21. The maximum absolute atomic E-state index is 13.6. The number of halogens is 1. The van der Waals surface area contributed by atoms with E-state index in [1.54, 1.807) is 17.0 Å². The van der Waals surface area contributed by atoms with Crippen molar-refractivity contribution in [2.75, 3.05) is 18.8 Å². The SMILES string of the molecule is CC(C)c1c(CCC(=O)N2CCC(O)C2)c2cc(N)c(C=N)cc2n1-c1ccc(F)cc1. The van der Waals surface area contributed by atoms with Gasteiger partial charge in [0.2, 0.25) is 5.91 Å². The second-order valence-electron chi connectivity index (χ2n) is 8.76. The fraction of sp³-hybridized carbons (Fsp3) is 0.360. The number of nitrogens with zero attached hydrogens (tertiary/aromatic N) is 2. The Hall–Kier alpha value is -3.19. The summed E-state index contributed by atoms with van der Waals surface area (Å²) >= 11 is 0. The first-order valence-electron chi connectivity index (χ1n) is 11.0. The number of aryl methyl sites for hydroxylation is 1. The smallest absolute Gasteiger partial charge is 0.222 e. The molecule has 1 aliphatic heterocycles. The van der Waals surface area contributed by atoms with Crippen LogP contribution in [-0.2, 0) is 11.2 Å². The van der Waals surface area contributed by atoms with Crippen molar-refractivity contribution >= 4 is 28.7 Å². The first-order chi connectivity index (χ1) is 15.3. The van der Waals surface area contributed by atoms with E-state index in [4.69, 9.17) is 11.1 Å². The van der Waals surface area contributed by atoms with Crippen LogP contribution in [0.5, 0.6) is 0 Å². The maximum atomic E-state index is 13.6. The summed E-state index contributed by atoms with van der Waals surface area (Å²) < 4.78 is 15.7. The molecule has 3 aromatic rings.